The molecule has 0 unspecified atom stereocenters. The number of ether oxygens (including phenoxy) is 1. The van der Waals surface area contributed by atoms with Crippen LogP contribution in [0.1, 0.15) is 9.67 Å². The summed E-state index contributed by atoms with van der Waals surface area (Å²) in [5, 5.41) is 5.20. The van der Waals surface area contributed by atoms with Gasteiger partial charge in [0, 0.05) is 13.7 Å². The van der Waals surface area contributed by atoms with E-state index in [1.165, 1.54) is 34.8 Å². The number of sulfonamides is 1. The number of rotatable bonds is 5. The summed E-state index contributed by atoms with van der Waals surface area (Å²) in [5.74, 6) is -0.356. The van der Waals surface area contributed by atoms with Gasteiger partial charge in [-0.15, -0.1) is 11.3 Å². The summed E-state index contributed by atoms with van der Waals surface area (Å²) in [4.78, 5) is 17.6. The van der Waals surface area contributed by atoms with Crippen molar-refractivity contribution in [2.24, 2.45) is 10.1 Å². The van der Waals surface area contributed by atoms with Crippen LogP contribution in [0, 0.1) is 0 Å². The number of benzene rings is 1. The lowest BCUT2D eigenvalue weighted by Crippen LogP contribution is -2.19. The summed E-state index contributed by atoms with van der Waals surface area (Å²) in [6.07, 6.45) is 0. The molecule has 26 heavy (non-hydrogen) atoms. The number of nitrogens with two attached hydrogens (primary N) is 1. The van der Waals surface area contributed by atoms with Crippen LogP contribution in [0.5, 0.6) is 0 Å². The summed E-state index contributed by atoms with van der Waals surface area (Å²) in [6.45, 7) is 0.903. The van der Waals surface area contributed by atoms with E-state index in [2.05, 4.69) is 20.9 Å². The maximum absolute atomic E-state index is 12.4. The average molecular weight is 476 g/mol. The summed E-state index contributed by atoms with van der Waals surface area (Å²) in [7, 11) is -2.22. The van der Waals surface area contributed by atoms with E-state index in [4.69, 9.17) is 9.88 Å². The molecule has 0 bridgehead atoms. The Morgan fingerprint density at radius 3 is 2.69 bits per heavy atom. The number of carbonyl (C=O) groups excluding carboxylic acids is 1. The first-order valence-electron chi connectivity index (χ1n) is 7.29. The number of fused-ring (bicyclic) bond motifs is 1. The number of primary sulfonamides is 1. The molecule has 3 aromatic rings. The first kappa shape index (κ1) is 19.4. The second-order valence-electron chi connectivity index (χ2n) is 5.22. The van der Waals surface area contributed by atoms with Crippen molar-refractivity contribution in [3.8, 4) is 0 Å². The Bertz CT molecular complexity index is 1140. The van der Waals surface area contributed by atoms with Crippen LogP contribution >= 0.6 is 38.6 Å². The van der Waals surface area contributed by atoms with Gasteiger partial charge >= 0.3 is 0 Å². The van der Waals surface area contributed by atoms with Crippen LogP contribution in [0.4, 0.5) is 0 Å². The van der Waals surface area contributed by atoms with Crippen molar-refractivity contribution in [1.29, 1.82) is 0 Å². The normalized spacial score (nSPS) is 12.8. The Balaban J connectivity index is 2.16. The lowest BCUT2D eigenvalue weighted by Gasteiger charge is -2.04. The van der Waals surface area contributed by atoms with E-state index in [0.717, 1.165) is 9.30 Å². The molecule has 2 N–H and O–H groups in total. The topological polar surface area (TPSA) is 104 Å². The van der Waals surface area contributed by atoms with Gasteiger partial charge in [0.2, 0.25) is 10.0 Å². The Morgan fingerprint density at radius 1 is 1.31 bits per heavy atom. The molecule has 7 nitrogen and oxygen atoms in total. The molecule has 0 aliphatic heterocycles. The highest BCUT2D eigenvalue weighted by molar-refractivity contribution is 9.11. The maximum atomic E-state index is 12.4. The van der Waals surface area contributed by atoms with Gasteiger partial charge in [0.1, 0.15) is 0 Å². The van der Waals surface area contributed by atoms with Crippen molar-refractivity contribution in [3.63, 3.8) is 0 Å². The zero-order chi connectivity index (χ0) is 18.9. The van der Waals surface area contributed by atoms with E-state index in [1.54, 1.807) is 25.3 Å². The van der Waals surface area contributed by atoms with Crippen molar-refractivity contribution < 1.29 is 17.9 Å². The fraction of sp³-hybridized carbons (Fsp3) is 0.200. The van der Waals surface area contributed by atoms with Crippen molar-refractivity contribution in [2.45, 2.75) is 11.4 Å². The Labute approximate surface area is 165 Å². The monoisotopic (exact) mass is 475 g/mol. The molecule has 2 aromatic heterocycles. The molecule has 0 fully saturated rings. The smallest absolute Gasteiger partial charge is 0.289 e. The molecule has 0 aliphatic carbocycles. The van der Waals surface area contributed by atoms with Crippen molar-refractivity contribution in [1.82, 2.24) is 4.57 Å². The van der Waals surface area contributed by atoms with Crippen LogP contribution in [0.25, 0.3) is 10.2 Å². The first-order chi connectivity index (χ1) is 12.3. The molecule has 1 amide bonds. The van der Waals surface area contributed by atoms with Crippen molar-refractivity contribution >= 4 is 64.8 Å². The SMILES string of the molecule is COCCn1c(=NC(=O)c2ccc(Br)s2)sc2cc(S(N)(=O)=O)ccc21. The number of nitrogens with zero attached hydrogens (tertiary/aromatic N) is 2. The zero-order valence-corrected chi connectivity index (χ0v) is 17.5. The number of thiophene rings is 1. The molecule has 0 radical (unpaired) electrons. The third-order valence-electron chi connectivity index (χ3n) is 3.48. The highest BCUT2D eigenvalue weighted by Gasteiger charge is 2.14. The lowest BCUT2D eigenvalue weighted by atomic mass is 10.3. The highest BCUT2D eigenvalue weighted by atomic mass is 79.9. The molecule has 2 heterocycles. The van der Waals surface area contributed by atoms with Crippen LogP contribution in [0.3, 0.4) is 0 Å². The number of hydrogen-bond donors (Lipinski definition) is 1. The number of thiazole rings is 1. The van der Waals surface area contributed by atoms with Crippen molar-refractivity contribution in [2.75, 3.05) is 13.7 Å². The lowest BCUT2D eigenvalue weighted by molar-refractivity contribution is 0.100. The first-order valence-corrected chi connectivity index (χ1v) is 11.3. The number of hydrogen-bond acceptors (Lipinski definition) is 6. The number of amides is 1. The van der Waals surface area contributed by atoms with Crippen LogP contribution in [-0.4, -0.2) is 32.6 Å². The minimum atomic E-state index is -3.81. The van der Waals surface area contributed by atoms with Gasteiger partial charge in [-0.2, -0.15) is 4.99 Å². The van der Waals surface area contributed by atoms with Crippen LogP contribution < -0.4 is 9.94 Å². The maximum Gasteiger partial charge on any atom is 0.289 e. The van der Waals surface area contributed by atoms with Crippen LogP contribution in [-0.2, 0) is 21.3 Å². The number of methoxy groups -OCH3 is 1. The summed E-state index contributed by atoms with van der Waals surface area (Å²) < 4.78 is 31.6. The summed E-state index contributed by atoms with van der Waals surface area (Å²) in [6, 6.07) is 8.08. The van der Waals surface area contributed by atoms with E-state index in [0.29, 0.717) is 27.5 Å². The van der Waals surface area contributed by atoms with Crippen molar-refractivity contribution in [3.05, 3.63) is 43.8 Å². The Morgan fingerprint density at radius 2 is 2.08 bits per heavy atom. The third kappa shape index (κ3) is 4.13. The quantitative estimate of drug-likeness (QED) is 0.611. The molecule has 0 saturated carbocycles. The molecule has 0 atom stereocenters. The fourth-order valence-corrected chi connectivity index (χ4v) is 5.26. The van der Waals surface area contributed by atoms with Crippen LogP contribution in [0.2, 0.25) is 0 Å². The average Bonchev–Trinajstić information content (AvgIpc) is 3.15. The minimum Gasteiger partial charge on any atom is -0.383 e. The molecule has 0 spiro atoms. The van der Waals surface area contributed by atoms with E-state index in [9.17, 15) is 13.2 Å². The van der Waals surface area contributed by atoms with E-state index >= 15 is 0 Å². The molecule has 0 aliphatic rings. The molecule has 0 saturated heterocycles. The summed E-state index contributed by atoms with van der Waals surface area (Å²) >= 11 is 5.85. The third-order valence-corrected chi connectivity index (χ3v) is 7.05. The second kappa shape index (κ2) is 7.71. The number of halogens is 1. The molecule has 1 aromatic carbocycles. The molecule has 3 rings (SSSR count). The Kier molecular flexibility index (Phi) is 5.75. The van der Waals surface area contributed by atoms with Gasteiger partial charge in [0.15, 0.2) is 4.80 Å². The zero-order valence-electron chi connectivity index (χ0n) is 13.5. The molecule has 138 valence electrons. The van der Waals surface area contributed by atoms with Gasteiger partial charge in [-0.25, -0.2) is 13.6 Å². The minimum absolute atomic E-state index is 0.0187. The van der Waals surface area contributed by atoms with E-state index in [1.807, 2.05) is 4.57 Å². The van der Waals surface area contributed by atoms with Gasteiger partial charge in [-0.3, -0.25) is 4.79 Å². The predicted molar refractivity (Wildman–Crippen MR) is 105 cm³/mol. The largest absolute Gasteiger partial charge is 0.383 e. The molecular formula is C15H14BrN3O4S3. The molecule has 11 heteroatoms. The van der Waals surface area contributed by atoms with E-state index in [-0.39, 0.29) is 10.8 Å². The molecular weight excluding hydrogens is 462 g/mol. The number of carbonyl (C=O) groups is 1. The van der Waals surface area contributed by atoms with Gasteiger partial charge in [0.05, 0.1) is 30.4 Å². The van der Waals surface area contributed by atoms with Gasteiger partial charge in [-0.05, 0) is 46.3 Å². The van der Waals surface area contributed by atoms with Gasteiger partial charge in [-0.1, -0.05) is 11.3 Å². The Hall–Kier alpha value is -1.37. The van der Waals surface area contributed by atoms with Gasteiger partial charge in [0.25, 0.3) is 5.91 Å². The predicted octanol–water partition coefficient (Wildman–Crippen LogP) is 2.56. The van der Waals surface area contributed by atoms with E-state index < -0.39 is 10.0 Å². The second-order valence-corrected chi connectivity index (χ2v) is 10.3. The standard InChI is InChI=1S/C15H14BrN3O4S3/c1-23-7-6-19-10-3-2-9(26(17,21)22)8-12(10)25-15(19)18-14(20)11-4-5-13(16)24-11/h2-5,8H,6-7H2,1H3,(H2,17,21,22). The highest BCUT2D eigenvalue weighted by Crippen LogP contribution is 2.24. The van der Waals surface area contributed by atoms with Gasteiger partial charge < -0.3 is 9.30 Å². The number of aromatic nitrogens is 1. The summed E-state index contributed by atoms with van der Waals surface area (Å²) in [5.41, 5.74) is 0.762. The van der Waals surface area contributed by atoms with Crippen LogP contribution in [0.15, 0.2) is 44.0 Å². The fourth-order valence-electron chi connectivity index (χ4n) is 2.29.